The van der Waals surface area contributed by atoms with Gasteiger partial charge < -0.3 is 15.4 Å². The largest absolute Gasteiger partial charge is 0.495 e. The molecule has 2 aromatic rings. The zero-order chi connectivity index (χ0) is 17.8. The van der Waals surface area contributed by atoms with Crippen molar-refractivity contribution in [1.29, 1.82) is 0 Å². The number of nitrogens with one attached hydrogen (secondary N) is 2. The lowest BCUT2D eigenvalue weighted by Gasteiger charge is -2.26. The van der Waals surface area contributed by atoms with Crippen LogP contribution in [0.4, 0.5) is 5.69 Å². The summed E-state index contributed by atoms with van der Waals surface area (Å²) in [5, 5.41) is 8.74. The number of hydrogen-bond acceptors (Lipinski definition) is 6. The number of benzene rings is 1. The van der Waals surface area contributed by atoms with Crippen LogP contribution < -0.4 is 15.4 Å². The highest BCUT2D eigenvalue weighted by atomic mass is 32.2. The molecule has 1 aliphatic carbocycles. The number of ether oxygens (including phenoxy) is 1. The Morgan fingerprint density at radius 2 is 2.08 bits per heavy atom. The van der Waals surface area contributed by atoms with Gasteiger partial charge in [-0.25, -0.2) is 9.97 Å². The van der Waals surface area contributed by atoms with E-state index in [0.29, 0.717) is 0 Å². The van der Waals surface area contributed by atoms with Gasteiger partial charge >= 0.3 is 0 Å². The van der Waals surface area contributed by atoms with Crippen LogP contribution in [0.3, 0.4) is 0 Å². The lowest BCUT2D eigenvalue weighted by molar-refractivity contribution is 0.333. The van der Waals surface area contributed by atoms with Gasteiger partial charge in [0.2, 0.25) is 0 Å². The first-order valence-electron chi connectivity index (χ1n) is 9.71. The maximum Gasteiger partial charge on any atom is 0.142 e. The molecule has 0 unspecified atom stereocenters. The first-order valence-corrected chi connectivity index (χ1v) is 10.8. The third-order valence-electron chi connectivity index (χ3n) is 5.49. The van der Waals surface area contributed by atoms with Crippen LogP contribution in [0.15, 0.2) is 18.3 Å². The van der Waals surface area contributed by atoms with Crippen LogP contribution in [0.1, 0.15) is 37.9 Å². The molecular weight excluding hydrogens is 344 g/mol. The van der Waals surface area contributed by atoms with Gasteiger partial charge in [0.25, 0.3) is 0 Å². The van der Waals surface area contributed by atoms with Crippen molar-refractivity contribution in [1.82, 2.24) is 15.3 Å². The van der Waals surface area contributed by atoms with E-state index in [-0.39, 0.29) is 0 Å². The normalized spacial score (nSPS) is 18.7. The molecule has 0 radical (unpaired) electrons. The summed E-state index contributed by atoms with van der Waals surface area (Å²) in [5.41, 5.74) is 2.04. The molecule has 0 atom stereocenters. The maximum atomic E-state index is 5.57. The molecule has 26 heavy (non-hydrogen) atoms. The fourth-order valence-corrected chi connectivity index (χ4v) is 4.67. The van der Waals surface area contributed by atoms with Crippen LogP contribution >= 0.6 is 11.8 Å². The number of thioether (sulfide) groups is 1. The Labute approximate surface area is 159 Å². The van der Waals surface area contributed by atoms with Crippen molar-refractivity contribution in [3.8, 4) is 5.75 Å². The predicted octanol–water partition coefficient (Wildman–Crippen LogP) is 3.84. The number of anilines is 1. The van der Waals surface area contributed by atoms with E-state index in [1.54, 1.807) is 7.11 Å². The molecule has 0 amide bonds. The van der Waals surface area contributed by atoms with Gasteiger partial charge in [-0.1, -0.05) is 6.42 Å². The number of hydrogen-bond donors (Lipinski definition) is 2. The molecule has 2 N–H and O–H groups in total. The van der Waals surface area contributed by atoms with Crippen LogP contribution in [0.2, 0.25) is 0 Å². The smallest absolute Gasteiger partial charge is 0.142 e. The summed E-state index contributed by atoms with van der Waals surface area (Å²) in [6.45, 7) is 3.28. The van der Waals surface area contributed by atoms with Crippen molar-refractivity contribution in [3.05, 3.63) is 24.2 Å². The van der Waals surface area contributed by atoms with Crippen molar-refractivity contribution in [2.45, 2.75) is 43.1 Å². The second-order valence-electron chi connectivity index (χ2n) is 7.34. The second-order valence-corrected chi connectivity index (χ2v) is 8.62. The number of nitrogens with zero attached hydrogens (tertiary/aromatic N) is 2. The van der Waals surface area contributed by atoms with Crippen molar-refractivity contribution in [3.63, 3.8) is 0 Å². The van der Waals surface area contributed by atoms with Gasteiger partial charge in [0.15, 0.2) is 0 Å². The zero-order valence-electron chi connectivity index (χ0n) is 15.5. The first-order chi connectivity index (χ1) is 12.8. The number of fused-ring (bicyclic) bond motifs is 1. The van der Waals surface area contributed by atoms with E-state index in [1.165, 1.54) is 32.1 Å². The third-order valence-corrected chi connectivity index (χ3v) is 6.86. The number of rotatable bonds is 7. The fraction of sp³-hybridized carbons (Fsp3) is 0.600. The van der Waals surface area contributed by atoms with Crippen molar-refractivity contribution >= 4 is 28.4 Å². The zero-order valence-corrected chi connectivity index (χ0v) is 16.3. The maximum absolute atomic E-state index is 5.57. The van der Waals surface area contributed by atoms with Gasteiger partial charge in [-0.2, -0.15) is 11.8 Å². The summed E-state index contributed by atoms with van der Waals surface area (Å²) in [6, 6.07) is 4.16. The van der Waals surface area contributed by atoms with Crippen LogP contribution in [-0.4, -0.2) is 42.0 Å². The van der Waals surface area contributed by atoms with Crippen molar-refractivity contribution in [2.24, 2.45) is 5.92 Å². The molecule has 0 bridgehead atoms. The van der Waals surface area contributed by atoms with Gasteiger partial charge in [0, 0.05) is 23.4 Å². The van der Waals surface area contributed by atoms with Gasteiger partial charge in [-0.15, -0.1) is 0 Å². The Balaban J connectivity index is 1.47. The average molecular weight is 373 g/mol. The lowest BCUT2D eigenvalue weighted by atomic mass is 9.85. The molecule has 0 spiro atoms. The van der Waals surface area contributed by atoms with E-state index in [2.05, 4.69) is 21.7 Å². The van der Waals surface area contributed by atoms with Crippen LogP contribution in [-0.2, 0) is 5.75 Å². The molecule has 2 heterocycles. The van der Waals surface area contributed by atoms with Gasteiger partial charge in [-0.05, 0) is 56.8 Å². The molecule has 4 rings (SSSR count). The third kappa shape index (κ3) is 4.23. The summed E-state index contributed by atoms with van der Waals surface area (Å²) in [7, 11) is 1.72. The predicted molar refractivity (Wildman–Crippen MR) is 109 cm³/mol. The highest BCUT2D eigenvalue weighted by Crippen LogP contribution is 2.32. The molecule has 1 aliphatic heterocycles. The van der Waals surface area contributed by atoms with Crippen molar-refractivity contribution < 1.29 is 4.74 Å². The van der Waals surface area contributed by atoms with E-state index < -0.39 is 0 Å². The monoisotopic (exact) mass is 372 g/mol. The summed E-state index contributed by atoms with van der Waals surface area (Å²) < 4.78 is 5.57. The minimum absolute atomic E-state index is 0.728. The molecule has 2 aliphatic rings. The molecule has 5 nitrogen and oxygen atoms in total. The number of methoxy groups -OCH3 is 1. The number of aromatic nitrogens is 2. The van der Waals surface area contributed by atoms with Gasteiger partial charge in [-0.3, -0.25) is 0 Å². The van der Waals surface area contributed by atoms with Gasteiger partial charge in [0.05, 0.1) is 24.1 Å². The Kier molecular flexibility index (Phi) is 5.80. The van der Waals surface area contributed by atoms with E-state index >= 15 is 0 Å². The van der Waals surface area contributed by atoms with E-state index in [1.807, 2.05) is 24.0 Å². The Morgan fingerprint density at radius 3 is 2.81 bits per heavy atom. The summed E-state index contributed by atoms with van der Waals surface area (Å²) in [5.74, 6) is 3.49. The number of piperidine rings is 1. The second kappa shape index (κ2) is 8.44. The Morgan fingerprint density at radius 1 is 1.23 bits per heavy atom. The van der Waals surface area contributed by atoms with E-state index in [0.717, 1.165) is 64.7 Å². The molecular formula is C20H28N4OS. The van der Waals surface area contributed by atoms with Crippen LogP contribution in [0.25, 0.3) is 10.9 Å². The molecule has 1 aromatic carbocycles. The Bertz CT molecular complexity index is 744. The molecule has 1 saturated heterocycles. The quantitative estimate of drug-likeness (QED) is 0.770. The molecule has 140 valence electrons. The molecule has 1 aromatic heterocycles. The van der Waals surface area contributed by atoms with Crippen LogP contribution in [0.5, 0.6) is 5.75 Å². The summed E-state index contributed by atoms with van der Waals surface area (Å²) in [4.78, 5) is 9.38. The highest BCUT2D eigenvalue weighted by molar-refractivity contribution is 7.99. The molecule has 6 heteroatoms. The Hall–Kier alpha value is -1.53. The standard InChI is InChI=1S/C20H28N4OS/c1-25-19-9-15-12-23-20(13-26-16-5-7-21-8-6-16)24-17(15)10-18(19)22-11-14-3-2-4-14/h9-10,12,14,16,21-22H,2-8,11,13H2,1H3. The van der Waals surface area contributed by atoms with Crippen LogP contribution in [0, 0.1) is 5.92 Å². The fourth-order valence-electron chi connectivity index (χ4n) is 3.58. The minimum atomic E-state index is 0.728. The molecule has 2 fully saturated rings. The van der Waals surface area contributed by atoms with Gasteiger partial charge in [0.1, 0.15) is 11.6 Å². The first kappa shape index (κ1) is 17.9. The summed E-state index contributed by atoms with van der Waals surface area (Å²) in [6.07, 6.45) is 8.45. The average Bonchev–Trinajstić information content (AvgIpc) is 2.65. The van der Waals surface area contributed by atoms with E-state index in [9.17, 15) is 0 Å². The minimum Gasteiger partial charge on any atom is -0.495 e. The molecule has 1 saturated carbocycles. The summed E-state index contributed by atoms with van der Waals surface area (Å²) >= 11 is 1.99. The van der Waals surface area contributed by atoms with Crippen molar-refractivity contribution in [2.75, 3.05) is 32.1 Å². The van der Waals surface area contributed by atoms with E-state index in [4.69, 9.17) is 9.72 Å². The lowest BCUT2D eigenvalue weighted by Crippen LogP contribution is -2.29. The topological polar surface area (TPSA) is 59.1 Å². The SMILES string of the molecule is COc1cc2cnc(CSC3CCNCC3)nc2cc1NCC1CCC1. The highest BCUT2D eigenvalue weighted by Gasteiger charge is 2.18.